The second-order valence-electron chi connectivity index (χ2n) is 4.93. The predicted octanol–water partition coefficient (Wildman–Crippen LogP) is 2.95. The topological polar surface area (TPSA) is 66.5 Å². The lowest BCUT2D eigenvalue weighted by molar-refractivity contribution is -0.139. The Balaban J connectivity index is 1.98. The van der Waals surface area contributed by atoms with Crippen molar-refractivity contribution in [3.63, 3.8) is 0 Å². The van der Waals surface area contributed by atoms with Crippen LogP contribution in [0.4, 0.5) is 18.9 Å². The van der Waals surface area contributed by atoms with Crippen LogP contribution in [0.3, 0.4) is 0 Å². The molecule has 1 aliphatic rings. The molecular weight excluding hydrogens is 381 g/mol. The molecule has 0 radical (unpaired) electrons. The molecule has 1 aliphatic heterocycles. The molecule has 0 saturated carbocycles. The summed E-state index contributed by atoms with van der Waals surface area (Å²) in [6, 6.07) is 3.32. The summed E-state index contributed by atoms with van der Waals surface area (Å²) in [4.78, 5) is 35.5. The number of likely N-dealkylation sites (tertiary alicyclic amines) is 1. The number of amides is 3. The Morgan fingerprint density at radius 1 is 1.22 bits per heavy atom. The second-order valence-corrected chi connectivity index (χ2v) is 5.78. The zero-order valence-electron chi connectivity index (χ0n) is 11.7. The van der Waals surface area contributed by atoms with Crippen LogP contribution >= 0.6 is 15.9 Å². The Kier molecular flexibility index (Phi) is 5.08. The number of rotatable bonds is 4. The van der Waals surface area contributed by atoms with Gasteiger partial charge in [0, 0.05) is 36.0 Å². The van der Waals surface area contributed by atoms with Crippen molar-refractivity contribution >= 4 is 39.3 Å². The first-order valence-corrected chi connectivity index (χ1v) is 7.47. The van der Waals surface area contributed by atoms with Crippen LogP contribution in [0.5, 0.6) is 0 Å². The van der Waals surface area contributed by atoms with Gasteiger partial charge in [0.15, 0.2) is 0 Å². The van der Waals surface area contributed by atoms with Crippen molar-refractivity contribution in [3.8, 4) is 0 Å². The fourth-order valence-electron chi connectivity index (χ4n) is 2.13. The first kappa shape index (κ1) is 17.5. The van der Waals surface area contributed by atoms with Gasteiger partial charge < -0.3 is 5.32 Å². The lowest BCUT2D eigenvalue weighted by atomic mass is 10.2. The molecule has 1 N–H and O–H groups in total. The van der Waals surface area contributed by atoms with Gasteiger partial charge in [-0.25, -0.2) is 0 Å². The molecule has 124 valence electrons. The van der Waals surface area contributed by atoms with Crippen molar-refractivity contribution in [1.82, 2.24) is 4.90 Å². The molecule has 1 saturated heterocycles. The minimum atomic E-state index is -4.55. The molecule has 1 heterocycles. The monoisotopic (exact) mass is 392 g/mol. The van der Waals surface area contributed by atoms with Crippen LogP contribution in [0, 0.1) is 0 Å². The number of hydrogen-bond donors (Lipinski definition) is 1. The number of hydrogen-bond acceptors (Lipinski definition) is 3. The molecule has 0 spiro atoms. The van der Waals surface area contributed by atoms with E-state index >= 15 is 0 Å². The molecule has 23 heavy (non-hydrogen) atoms. The van der Waals surface area contributed by atoms with Gasteiger partial charge in [-0.1, -0.05) is 15.9 Å². The van der Waals surface area contributed by atoms with Gasteiger partial charge in [0.05, 0.1) is 5.56 Å². The van der Waals surface area contributed by atoms with E-state index in [9.17, 15) is 27.6 Å². The largest absolute Gasteiger partial charge is 0.417 e. The van der Waals surface area contributed by atoms with E-state index in [0.717, 1.165) is 11.0 Å². The van der Waals surface area contributed by atoms with Crippen molar-refractivity contribution in [2.24, 2.45) is 0 Å². The summed E-state index contributed by atoms with van der Waals surface area (Å²) < 4.78 is 38.2. The SMILES string of the molecule is O=C(CCN1C(=O)CCC1=O)Nc1ccc(Br)c(C(F)(F)F)c1. The third kappa shape index (κ3) is 4.31. The van der Waals surface area contributed by atoms with E-state index in [4.69, 9.17) is 0 Å². The maximum Gasteiger partial charge on any atom is 0.417 e. The molecular formula is C14H12BrF3N2O3. The molecule has 2 rings (SSSR count). The second kappa shape index (κ2) is 6.69. The van der Waals surface area contributed by atoms with E-state index in [1.165, 1.54) is 12.1 Å². The summed E-state index contributed by atoms with van der Waals surface area (Å²) in [5.41, 5.74) is -0.912. The lowest BCUT2D eigenvalue weighted by Gasteiger charge is -2.14. The molecule has 0 unspecified atom stereocenters. The zero-order valence-corrected chi connectivity index (χ0v) is 13.3. The average Bonchev–Trinajstić information content (AvgIpc) is 2.77. The summed E-state index contributed by atoms with van der Waals surface area (Å²) in [6.07, 6.45) is -4.47. The summed E-state index contributed by atoms with van der Waals surface area (Å²) in [7, 11) is 0. The molecule has 0 aromatic heterocycles. The first-order valence-electron chi connectivity index (χ1n) is 6.68. The highest BCUT2D eigenvalue weighted by molar-refractivity contribution is 9.10. The first-order chi connectivity index (χ1) is 10.7. The predicted molar refractivity (Wildman–Crippen MR) is 78.3 cm³/mol. The quantitative estimate of drug-likeness (QED) is 0.801. The fraction of sp³-hybridized carbons (Fsp3) is 0.357. The van der Waals surface area contributed by atoms with Crippen LogP contribution in [0.25, 0.3) is 0 Å². The molecule has 5 nitrogen and oxygen atoms in total. The molecule has 0 bridgehead atoms. The minimum absolute atomic E-state index is 0.00963. The number of nitrogens with one attached hydrogen (secondary N) is 1. The number of anilines is 1. The Bertz CT molecular complexity index is 645. The molecule has 3 amide bonds. The van der Waals surface area contributed by atoms with Crippen LogP contribution in [-0.4, -0.2) is 29.2 Å². The Morgan fingerprint density at radius 3 is 2.39 bits per heavy atom. The van der Waals surface area contributed by atoms with Crippen LogP contribution in [0.1, 0.15) is 24.8 Å². The average molecular weight is 393 g/mol. The van der Waals surface area contributed by atoms with Gasteiger partial charge in [-0.15, -0.1) is 0 Å². The molecule has 1 fully saturated rings. The molecule has 1 aromatic rings. The highest BCUT2D eigenvalue weighted by Crippen LogP contribution is 2.36. The molecule has 0 aliphatic carbocycles. The van der Waals surface area contributed by atoms with Gasteiger partial charge in [0.2, 0.25) is 17.7 Å². The van der Waals surface area contributed by atoms with Crippen molar-refractivity contribution < 1.29 is 27.6 Å². The molecule has 9 heteroatoms. The maximum atomic E-state index is 12.8. The van der Waals surface area contributed by atoms with Gasteiger partial charge in [-0.05, 0) is 18.2 Å². The third-order valence-electron chi connectivity index (χ3n) is 3.27. The van der Waals surface area contributed by atoms with Gasteiger partial charge in [-0.3, -0.25) is 19.3 Å². The number of carbonyl (C=O) groups is 3. The van der Waals surface area contributed by atoms with E-state index < -0.39 is 17.6 Å². The van der Waals surface area contributed by atoms with E-state index in [1.54, 1.807) is 0 Å². The van der Waals surface area contributed by atoms with Crippen LogP contribution < -0.4 is 5.32 Å². The lowest BCUT2D eigenvalue weighted by Crippen LogP contribution is -2.32. The van der Waals surface area contributed by atoms with E-state index in [0.29, 0.717) is 0 Å². The molecule has 1 aromatic carbocycles. The summed E-state index contributed by atoms with van der Waals surface area (Å²) in [6.45, 7) is -0.0772. The van der Waals surface area contributed by atoms with Gasteiger partial charge in [0.1, 0.15) is 0 Å². The van der Waals surface area contributed by atoms with Gasteiger partial charge in [-0.2, -0.15) is 13.2 Å². The van der Waals surface area contributed by atoms with E-state index in [2.05, 4.69) is 21.2 Å². The van der Waals surface area contributed by atoms with Crippen LogP contribution in [-0.2, 0) is 20.6 Å². The Morgan fingerprint density at radius 2 is 1.83 bits per heavy atom. The van der Waals surface area contributed by atoms with E-state index in [1.807, 2.05) is 0 Å². The Labute approximate surface area is 138 Å². The smallest absolute Gasteiger partial charge is 0.326 e. The highest BCUT2D eigenvalue weighted by Gasteiger charge is 2.33. The summed E-state index contributed by atoms with van der Waals surface area (Å²) in [5, 5.41) is 2.33. The summed E-state index contributed by atoms with van der Waals surface area (Å²) >= 11 is 2.81. The maximum absolute atomic E-state index is 12.8. The number of alkyl halides is 3. The number of halogens is 4. The summed E-state index contributed by atoms with van der Waals surface area (Å²) in [5.74, 6) is -1.26. The van der Waals surface area contributed by atoms with Crippen LogP contribution in [0.15, 0.2) is 22.7 Å². The fourth-order valence-corrected chi connectivity index (χ4v) is 2.60. The van der Waals surface area contributed by atoms with Crippen molar-refractivity contribution in [2.75, 3.05) is 11.9 Å². The highest BCUT2D eigenvalue weighted by atomic mass is 79.9. The molecule has 0 atom stereocenters. The number of carbonyl (C=O) groups excluding carboxylic acids is 3. The van der Waals surface area contributed by atoms with Crippen molar-refractivity contribution in [2.45, 2.75) is 25.4 Å². The van der Waals surface area contributed by atoms with Crippen molar-refractivity contribution in [3.05, 3.63) is 28.2 Å². The normalized spacial score (nSPS) is 15.2. The Hall–Kier alpha value is -1.90. The van der Waals surface area contributed by atoms with Gasteiger partial charge >= 0.3 is 6.18 Å². The van der Waals surface area contributed by atoms with Crippen molar-refractivity contribution in [1.29, 1.82) is 0 Å². The third-order valence-corrected chi connectivity index (χ3v) is 3.96. The van der Waals surface area contributed by atoms with Gasteiger partial charge in [0.25, 0.3) is 0 Å². The minimum Gasteiger partial charge on any atom is -0.326 e. The van der Waals surface area contributed by atoms with E-state index in [-0.39, 0.29) is 47.8 Å². The zero-order chi connectivity index (χ0) is 17.2. The van der Waals surface area contributed by atoms with Crippen LogP contribution in [0.2, 0.25) is 0 Å². The number of imide groups is 1. The number of nitrogens with zero attached hydrogens (tertiary/aromatic N) is 1. The standard InChI is InChI=1S/C14H12BrF3N2O3/c15-10-2-1-8(7-9(10)14(16,17)18)19-11(21)5-6-20-12(22)3-4-13(20)23/h1-2,7H,3-6H2,(H,19,21). The number of benzene rings is 1.